The maximum Gasteiger partial charge on any atom is 0.243 e. The van der Waals surface area contributed by atoms with Gasteiger partial charge in [-0.05, 0) is 30.7 Å². The van der Waals surface area contributed by atoms with E-state index in [4.69, 9.17) is 0 Å². The standard InChI is InChI=1S/C15H20N2O5S2/c1-16-14-7-8-17(10-11(14)9-15(16)18)24(21,22)13-5-3-12(4-6-13)23(2,19)20/h3-6,11,14H,7-10H2,1-2H3/t11-,14+/m1/s1. The third-order valence-electron chi connectivity index (χ3n) is 4.87. The number of likely N-dealkylation sites (tertiary alicyclic amines) is 1. The molecule has 132 valence electrons. The molecule has 0 aliphatic carbocycles. The fraction of sp³-hybridized carbons (Fsp3) is 0.533. The SMILES string of the molecule is CN1C(=O)C[C@@H]2CN(S(=O)(=O)c3ccc(S(C)(=O)=O)cc3)CC[C@@H]21. The number of carbonyl (C=O) groups excluding carboxylic acids is 1. The lowest BCUT2D eigenvalue weighted by molar-refractivity contribution is -0.127. The Balaban J connectivity index is 1.83. The van der Waals surface area contributed by atoms with Gasteiger partial charge in [0.25, 0.3) is 0 Å². The van der Waals surface area contributed by atoms with Crippen LogP contribution < -0.4 is 0 Å². The first kappa shape index (κ1) is 17.4. The van der Waals surface area contributed by atoms with Gasteiger partial charge in [0.05, 0.1) is 9.79 Å². The van der Waals surface area contributed by atoms with Crippen LogP contribution in [-0.2, 0) is 24.7 Å². The fourth-order valence-electron chi connectivity index (χ4n) is 3.48. The summed E-state index contributed by atoms with van der Waals surface area (Å²) in [6, 6.07) is 5.37. The molecule has 0 radical (unpaired) electrons. The number of carbonyl (C=O) groups is 1. The second kappa shape index (κ2) is 5.82. The van der Waals surface area contributed by atoms with E-state index in [-0.39, 0.29) is 27.7 Å². The normalized spacial score (nSPS) is 25.8. The Morgan fingerprint density at radius 3 is 2.21 bits per heavy atom. The fourth-order valence-corrected chi connectivity index (χ4v) is 5.62. The van der Waals surface area contributed by atoms with Gasteiger partial charge in [0, 0.05) is 44.8 Å². The minimum Gasteiger partial charge on any atom is -0.342 e. The van der Waals surface area contributed by atoms with E-state index in [1.807, 2.05) is 0 Å². The van der Waals surface area contributed by atoms with Crippen LogP contribution in [0.4, 0.5) is 0 Å². The van der Waals surface area contributed by atoms with Crippen molar-refractivity contribution in [2.45, 2.75) is 28.7 Å². The Morgan fingerprint density at radius 1 is 1.04 bits per heavy atom. The molecule has 1 aromatic rings. The second-order valence-corrected chi connectivity index (χ2v) is 10.4. The molecule has 2 saturated heterocycles. The molecule has 0 saturated carbocycles. The predicted molar refractivity (Wildman–Crippen MR) is 87.6 cm³/mol. The molecule has 2 aliphatic heterocycles. The summed E-state index contributed by atoms with van der Waals surface area (Å²) < 4.78 is 49.9. The Labute approximate surface area is 142 Å². The summed E-state index contributed by atoms with van der Waals surface area (Å²) in [5, 5.41) is 0. The first-order valence-corrected chi connectivity index (χ1v) is 11.0. The smallest absolute Gasteiger partial charge is 0.243 e. The predicted octanol–water partition coefficient (Wildman–Crippen LogP) is 0.331. The number of fused-ring (bicyclic) bond motifs is 1. The highest BCUT2D eigenvalue weighted by molar-refractivity contribution is 7.90. The van der Waals surface area contributed by atoms with Gasteiger partial charge in [-0.15, -0.1) is 0 Å². The van der Waals surface area contributed by atoms with Gasteiger partial charge in [0.2, 0.25) is 15.9 Å². The van der Waals surface area contributed by atoms with E-state index < -0.39 is 19.9 Å². The maximum absolute atomic E-state index is 12.8. The number of sulfonamides is 1. The highest BCUT2D eigenvalue weighted by atomic mass is 32.2. The molecule has 0 N–H and O–H groups in total. The molecule has 2 heterocycles. The van der Waals surface area contributed by atoms with Gasteiger partial charge in [-0.2, -0.15) is 4.31 Å². The highest BCUT2D eigenvalue weighted by Crippen LogP contribution is 2.33. The van der Waals surface area contributed by atoms with Gasteiger partial charge in [0.15, 0.2) is 9.84 Å². The number of hydrogen-bond acceptors (Lipinski definition) is 5. The lowest BCUT2D eigenvalue weighted by Crippen LogP contribution is -2.47. The molecule has 3 rings (SSSR count). The quantitative estimate of drug-likeness (QED) is 0.763. The molecule has 7 nitrogen and oxygen atoms in total. The molecule has 0 aromatic heterocycles. The Morgan fingerprint density at radius 2 is 1.62 bits per heavy atom. The van der Waals surface area contributed by atoms with Crippen molar-refractivity contribution in [3.8, 4) is 0 Å². The van der Waals surface area contributed by atoms with E-state index in [9.17, 15) is 21.6 Å². The molecule has 2 aliphatic rings. The maximum atomic E-state index is 12.8. The van der Waals surface area contributed by atoms with Crippen molar-refractivity contribution in [2.24, 2.45) is 5.92 Å². The van der Waals surface area contributed by atoms with Crippen molar-refractivity contribution in [2.75, 3.05) is 26.4 Å². The zero-order chi connectivity index (χ0) is 17.7. The first-order valence-electron chi connectivity index (χ1n) is 7.66. The largest absolute Gasteiger partial charge is 0.342 e. The number of benzene rings is 1. The van der Waals surface area contributed by atoms with Crippen molar-refractivity contribution < 1.29 is 21.6 Å². The molecule has 0 unspecified atom stereocenters. The van der Waals surface area contributed by atoms with Crippen LogP contribution in [0.1, 0.15) is 12.8 Å². The topological polar surface area (TPSA) is 91.8 Å². The molecule has 9 heteroatoms. The van der Waals surface area contributed by atoms with E-state index in [2.05, 4.69) is 0 Å². The highest BCUT2D eigenvalue weighted by Gasteiger charge is 2.43. The zero-order valence-corrected chi connectivity index (χ0v) is 15.2. The van der Waals surface area contributed by atoms with Crippen LogP contribution in [0.5, 0.6) is 0 Å². The van der Waals surface area contributed by atoms with Crippen LogP contribution in [0.15, 0.2) is 34.1 Å². The van der Waals surface area contributed by atoms with Crippen molar-refractivity contribution >= 4 is 25.8 Å². The van der Waals surface area contributed by atoms with Crippen LogP contribution in [0.2, 0.25) is 0 Å². The molecule has 2 atom stereocenters. The molecular weight excluding hydrogens is 352 g/mol. The average Bonchev–Trinajstić information content (AvgIpc) is 2.81. The van der Waals surface area contributed by atoms with Gasteiger partial charge in [-0.1, -0.05) is 0 Å². The minimum atomic E-state index is -3.69. The van der Waals surface area contributed by atoms with Crippen LogP contribution in [0, 0.1) is 5.92 Å². The van der Waals surface area contributed by atoms with E-state index in [0.29, 0.717) is 25.9 Å². The van der Waals surface area contributed by atoms with E-state index in [1.165, 1.54) is 28.6 Å². The van der Waals surface area contributed by atoms with Crippen LogP contribution in [-0.4, -0.2) is 64.4 Å². The number of hydrogen-bond donors (Lipinski definition) is 0. The van der Waals surface area contributed by atoms with Crippen molar-refractivity contribution in [3.63, 3.8) is 0 Å². The minimum absolute atomic E-state index is 0.0151. The van der Waals surface area contributed by atoms with Gasteiger partial charge >= 0.3 is 0 Å². The second-order valence-electron chi connectivity index (χ2n) is 6.43. The monoisotopic (exact) mass is 372 g/mol. The summed E-state index contributed by atoms with van der Waals surface area (Å²) in [5.74, 6) is 0.0723. The number of piperidine rings is 1. The Bertz CT molecular complexity index is 862. The lowest BCUT2D eigenvalue weighted by Gasteiger charge is -2.35. The summed E-state index contributed by atoms with van der Waals surface area (Å²) in [5.41, 5.74) is 0. The molecule has 24 heavy (non-hydrogen) atoms. The van der Waals surface area contributed by atoms with Crippen molar-refractivity contribution in [3.05, 3.63) is 24.3 Å². The summed E-state index contributed by atoms with van der Waals surface area (Å²) in [6.07, 6.45) is 2.07. The summed E-state index contributed by atoms with van der Waals surface area (Å²) in [4.78, 5) is 13.7. The Kier molecular flexibility index (Phi) is 4.21. The third kappa shape index (κ3) is 2.96. The summed E-state index contributed by atoms with van der Waals surface area (Å²) in [6.45, 7) is 0.672. The summed E-state index contributed by atoms with van der Waals surface area (Å²) in [7, 11) is -5.29. The van der Waals surface area contributed by atoms with Crippen LogP contribution in [0.25, 0.3) is 0 Å². The van der Waals surface area contributed by atoms with Gasteiger partial charge in [0.1, 0.15) is 0 Å². The summed E-state index contributed by atoms with van der Waals surface area (Å²) >= 11 is 0. The van der Waals surface area contributed by atoms with E-state index in [1.54, 1.807) is 11.9 Å². The van der Waals surface area contributed by atoms with Gasteiger partial charge in [-0.3, -0.25) is 4.79 Å². The van der Waals surface area contributed by atoms with E-state index in [0.717, 1.165) is 6.26 Å². The average molecular weight is 372 g/mol. The zero-order valence-electron chi connectivity index (χ0n) is 13.5. The molecule has 0 spiro atoms. The molecular formula is C15H20N2O5S2. The Hall–Kier alpha value is -1.45. The van der Waals surface area contributed by atoms with Crippen LogP contribution in [0.3, 0.4) is 0 Å². The number of sulfone groups is 1. The van der Waals surface area contributed by atoms with Crippen LogP contribution >= 0.6 is 0 Å². The van der Waals surface area contributed by atoms with Crippen molar-refractivity contribution in [1.29, 1.82) is 0 Å². The van der Waals surface area contributed by atoms with Gasteiger partial charge in [-0.25, -0.2) is 16.8 Å². The molecule has 1 aromatic carbocycles. The lowest BCUT2D eigenvalue weighted by atomic mass is 9.94. The van der Waals surface area contributed by atoms with E-state index >= 15 is 0 Å². The molecule has 0 bridgehead atoms. The van der Waals surface area contributed by atoms with Crippen molar-refractivity contribution in [1.82, 2.24) is 9.21 Å². The van der Waals surface area contributed by atoms with Gasteiger partial charge < -0.3 is 4.90 Å². The molecule has 2 fully saturated rings. The number of amides is 1. The number of nitrogens with zero attached hydrogens (tertiary/aromatic N) is 2. The number of rotatable bonds is 3. The third-order valence-corrected chi connectivity index (χ3v) is 7.88. The first-order chi connectivity index (χ1) is 11.1. The molecule has 1 amide bonds.